The van der Waals surface area contributed by atoms with Crippen LogP contribution in [0, 0.1) is 16.2 Å². The molecule has 29 heavy (non-hydrogen) atoms. The first-order valence-electron chi connectivity index (χ1n) is 9.75. The topological polar surface area (TPSA) is 148 Å². The summed E-state index contributed by atoms with van der Waals surface area (Å²) in [7, 11) is -4.94. The highest BCUT2D eigenvalue weighted by Gasteiger charge is 2.40. The van der Waals surface area contributed by atoms with E-state index in [0.29, 0.717) is 11.8 Å². The van der Waals surface area contributed by atoms with Gasteiger partial charge in [-0.25, -0.2) is 23.2 Å². The first-order chi connectivity index (χ1) is 13.7. The lowest BCUT2D eigenvalue weighted by atomic mass is 9.80. The van der Waals surface area contributed by atoms with Crippen molar-refractivity contribution in [2.75, 3.05) is 13.1 Å². The molecule has 2 aliphatic heterocycles. The van der Waals surface area contributed by atoms with E-state index in [9.17, 15) is 4.79 Å². The van der Waals surface area contributed by atoms with Gasteiger partial charge in [0.15, 0.2) is 0 Å². The number of carboxylic acid groups (broad SMARTS) is 1. The number of para-hydroxylation sites is 1. The van der Waals surface area contributed by atoms with Crippen molar-refractivity contribution in [1.82, 2.24) is 4.98 Å². The first-order valence-corrected chi connectivity index (χ1v) is 11.0. The van der Waals surface area contributed by atoms with E-state index < -0.39 is 16.2 Å². The largest absolute Gasteiger partial charge is 0.481 e. The van der Waals surface area contributed by atoms with Crippen LogP contribution in [0.1, 0.15) is 56.2 Å². The lowest BCUT2D eigenvalue weighted by molar-refractivity contribution is -2.00. The SMILES string of the molecule is CCC1C[N+]2=C(c3[nH]c4ccccc4c31)[C@@H](CCC(=O)O)CCC2.[O-][Cl+3]([O-])([O-])[O-]. The molecule has 2 aromatic rings. The third-order valence-electron chi connectivity index (χ3n) is 5.76. The molecule has 8 nitrogen and oxygen atoms in total. The van der Waals surface area contributed by atoms with Gasteiger partial charge in [0.05, 0.1) is 0 Å². The summed E-state index contributed by atoms with van der Waals surface area (Å²) in [4.78, 5) is 14.7. The zero-order chi connectivity index (χ0) is 21.2. The number of carboxylic acids is 1. The van der Waals surface area contributed by atoms with Gasteiger partial charge in [-0.1, -0.05) is 25.1 Å². The number of nitrogens with zero attached hydrogens (tertiary/aromatic N) is 1. The summed E-state index contributed by atoms with van der Waals surface area (Å²) < 4.78 is 36.5. The standard InChI is InChI=1S/C20H24N2O2.ClHO4/c1-2-13-12-22-11-5-6-14(9-10-17(23)24)20(22)19-18(13)15-7-3-4-8-16(15)21-19;2-1(3,4)5/h3-4,7-8,13-14H,2,5-6,9-12H2,1H3,(H,23,24);(H,2,3,4,5)/t13?,14-;/m1./s1. The quantitative estimate of drug-likeness (QED) is 0.601. The summed E-state index contributed by atoms with van der Waals surface area (Å²) in [6, 6.07) is 8.57. The van der Waals surface area contributed by atoms with Gasteiger partial charge in [0, 0.05) is 41.1 Å². The van der Waals surface area contributed by atoms with Crippen LogP contribution in [0.2, 0.25) is 0 Å². The fourth-order valence-electron chi connectivity index (χ4n) is 4.65. The lowest BCUT2D eigenvalue weighted by Gasteiger charge is -2.29. The zero-order valence-corrected chi connectivity index (χ0v) is 17.0. The van der Waals surface area contributed by atoms with E-state index in [-0.39, 0.29) is 6.42 Å². The molecule has 0 radical (unpaired) electrons. The van der Waals surface area contributed by atoms with Crippen LogP contribution in [0.4, 0.5) is 0 Å². The second-order valence-electron chi connectivity index (χ2n) is 7.55. The van der Waals surface area contributed by atoms with E-state index in [1.807, 2.05) is 0 Å². The van der Waals surface area contributed by atoms with E-state index in [1.54, 1.807) is 0 Å². The second kappa shape index (κ2) is 8.81. The van der Waals surface area contributed by atoms with Gasteiger partial charge in [0.2, 0.25) is 5.71 Å². The zero-order valence-electron chi connectivity index (χ0n) is 16.2. The number of rotatable bonds is 4. The number of H-pyrrole nitrogens is 1. The van der Waals surface area contributed by atoms with Crippen LogP contribution in [0.15, 0.2) is 24.3 Å². The molecule has 1 aromatic heterocycles. The van der Waals surface area contributed by atoms with Crippen molar-refractivity contribution in [2.24, 2.45) is 5.92 Å². The number of nitrogens with one attached hydrogen (secondary N) is 1. The summed E-state index contributed by atoms with van der Waals surface area (Å²) in [5.74, 6) is 0.226. The number of benzene rings is 1. The molecule has 158 valence electrons. The number of aromatic nitrogens is 1. The van der Waals surface area contributed by atoms with Crippen molar-refractivity contribution < 1.29 is 43.4 Å². The Morgan fingerprint density at radius 3 is 2.59 bits per heavy atom. The molecule has 0 saturated heterocycles. The van der Waals surface area contributed by atoms with Crippen LogP contribution in [-0.4, -0.2) is 39.4 Å². The molecule has 9 heteroatoms. The molecule has 2 atom stereocenters. The predicted octanol–water partition coefficient (Wildman–Crippen LogP) is -1.00. The number of hydrogen-bond acceptors (Lipinski definition) is 5. The molecule has 1 unspecified atom stereocenters. The Bertz CT molecular complexity index is 911. The molecule has 2 aliphatic rings. The third kappa shape index (κ3) is 5.15. The fourth-order valence-corrected chi connectivity index (χ4v) is 4.65. The molecule has 0 saturated carbocycles. The van der Waals surface area contributed by atoms with Gasteiger partial charge < -0.3 is 10.1 Å². The normalized spacial score (nSPS) is 21.3. The molecule has 4 rings (SSSR count). The Morgan fingerprint density at radius 1 is 1.24 bits per heavy atom. The van der Waals surface area contributed by atoms with Gasteiger partial charge in [-0.15, -0.1) is 10.2 Å². The van der Waals surface area contributed by atoms with Crippen molar-refractivity contribution in [1.29, 1.82) is 0 Å². The molecule has 0 amide bonds. The maximum Gasteiger partial charge on any atom is 0.303 e. The Balaban J connectivity index is 0.000000431. The molecular formula is C20H25ClN2O6. The summed E-state index contributed by atoms with van der Waals surface area (Å²) in [6.07, 6.45) is 4.41. The van der Waals surface area contributed by atoms with Gasteiger partial charge >= 0.3 is 5.97 Å². The Hall–Kier alpha value is -1.97. The highest BCUT2D eigenvalue weighted by molar-refractivity contribution is 6.05. The minimum absolute atomic E-state index is 0.259. The van der Waals surface area contributed by atoms with Crippen molar-refractivity contribution in [2.45, 2.75) is 44.9 Å². The Morgan fingerprint density at radius 2 is 1.93 bits per heavy atom. The first kappa shape index (κ1) is 21.7. The van der Waals surface area contributed by atoms with Gasteiger partial charge in [-0.2, -0.15) is 0 Å². The summed E-state index contributed by atoms with van der Waals surface area (Å²) >= 11 is 0. The minimum Gasteiger partial charge on any atom is -0.481 e. The van der Waals surface area contributed by atoms with E-state index in [0.717, 1.165) is 32.4 Å². The molecule has 0 spiro atoms. The van der Waals surface area contributed by atoms with E-state index in [1.165, 1.54) is 34.3 Å². The third-order valence-corrected chi connectivity index (χ3v) is 5.76. The number of carbonyl (C=O) groups is 1. The molecule has 0 aliphatic carbocycles. The number of hydrogen-bond donors (Lipinski definition) is 2. The van der Waals surface area contributed by atoms with Crippen LogP contribution in [0.25, 0.3) is 10.9 Å². The van der Waals surface area contributed by atoms with Gasteiger partial charge in [0.25, 0.3) is 0 Å². The molecule has 2 N–H and O–H groups in total. The van der Waals surface area contributed by atoms with Crippen molar-refractivity contribution >= 4 is 22.6 Å². The van der Waals surface area contributed by atoms with Crippen LogP contribution in [-0.2, 0) is 4.79 Å². The Kier molecular flexibility index (Phi) is 6.60. The van der Waals surface area contributed by atoms with Crippen LogP contribution < -0.4 is 18.6 Å². The maximum atomic E-state index is 11.1. The Labute approximate surface area is 170 Å². The van der Waals surface area contributed by atoms with Crippen LogP contribution in [0.3, 0.4) is 0 Å². The van der Waals surface area contributed by atoms with E-state index in [4.69, 9.17) is 23.7 Å². The monoisotopic (exact) mass is 424 g/mol. The molecule has 3 heterocycles. The van der Waals surface area contributed by atoms with Gasteiger partial charge in [-0.05, 0) is 25.3 Å². The maximum absolute atomic E-state index is 11.1. The van der Waals surface area contributed by atoms with Crippen molar-refractivity contribution in [3.63, 3.8) is 0 Å². The average Bonchev–Trinajstić information content (AvgIpc) is 3.03. The summed E-state index contributed by atoms with van der Waals surface area (Å²) in [5.41, 5.74) is 5.32. The highest BCUT2D eigenvalue weighted by Crippen LogP contribution is 2.38. The summed E-state index contributed by atoms with van der Waals surface area (Å²) in [5, 5.41) is 10.4. The van der Waals surface area contributed by atoms with Crippen LogP contribution in [0.5, 0.6) is 0 Å². The van der Waals surface area contributed by atoms with E-state index >= 15 is 0 Å². The average molecular weight is 425 g/mol. The molecule has 1 aromatic carbocycles. The number of fused-ring (bicyclic) bond motifs is 4. The smallest absolute Gasteiger partial charge is 0.303 e. The van der Waals surface area contributed by atoms with E-state index in [2.05, 4.69) is 40.7 Å². The number of aromatic amines is 1. The molecule has 0 fully saturated rings. The van der Waals surface area contributed by atoms with Crippen molar-refractivity contribution in [3.8, 4) is 0 Å². The fraction of sp³-hybridized carbons (Fsp3) is 0.500. The number of halogens is 1. The van der Waals surface area contributed by atoms with Gasteiger partial charge in [-0.3, -0.25) is 4.79 Å². The molecular weight excluding hydrogens is 400 g/mol. The summed E-state index contributed by atoms with van der Waals surface area (Å²) in [6.45, 7) is 4.45. The lowest BCUT2D eigenvalue weighted by Crippen LogP contribution is -2.68. The highest BCUT2D eigenvalue weighted by atomic mass is 35.7. The second-order valence-corrected chi connectivity index (χ2v) is 8.30. The van der Waals surface area contributed by atoms with Crippen LogP contribution >= 0.6 is 0 Å². The van der Waals surface area contributed by atoms with Crippen molar-refractivity contribution in [3.05, 3.63) is 35.5 Å². The van der Waals surface area contributed by atoms with Gasteiger partial charge in [0.1, 0.15) is 18.8 Å². The predicted molar refractivity (Wildman–Crippen MR) is 95.0 cm³/mol. The number of aliphatic carboxylic acids is 1. The molecule has 0 bridgehead atoms. The minimum atomic E-state index is -4.94.